The summed E-state index contributed by atoms with van der Waals surface area (Å²) in [6.45, 7) is 3.87. The molecule has 0 spiro atoms. The molecule has 3 rings (SSSR count). The standard InChI is InChI=1S/C20H24ClNO6S/c1-3-8-29(25,26)22-7-5-6-17(22)20(24)27-12-14-10-19(23)28-18-9-13(4-2)16(21)11-15(14)18/h9-11,17H,3-8,12H2,1-2H3/t17-/m0/s1. The summed E-state index contributed by atoms with van der Waals surface area (Å²) >= 11 is 6.28. The average Bonchev–Trinajstić information content (AvgIpc) is 3.16. The number of ether oxygens (including phenoxy) is 1. The molecule has 1 aliphatic heterocycles. The van der Waals surface area contributed by atoms with Gasteiger partial charge in [-0.3, -0.25) is 4.79 Å². The van der Waals surface area contributed by atoms with Crippen LogP contribution in [0.1, 0.15) is 44.2 Å². The molecule has 1 atom stereocenters. The average molecular weight is 442 g/mol. The third-order valence-electron chi connectivity index (χ3n) is 5.04. The van der Waals surface area contributed by atoms with Crippen molar-refractivity contribution in [2.24, 2.45) is 0 Å². The molecule has 1 saturated heterocycles. The Morgan fingerprint density at radius 3 is 2.72 bits per heavy atom. The highest BCUT2D eigenvalue weighted by atomic mass is 35.5. The summed E-state index contributed by atoms with van der Waals surface area (Å²) in [6.07, 6.45) is 2.19. The number of benzene rings is 1. The van der Waals surface area contributed by atoms with Crippen molar-refractivity contribution in [3.05, 3.63) is 44.8 Å². The van der Waals surface area contributed by atoms with Crippen molar-refractivity contribution >= 4 is 38.6 Å². The maximum Gasteiger partial charge on any atom is 0.336 e. The summed E-state index contributed by atoms with van der Waals surface area (Å²) in [7, 11) is -3.49. The molecule has 1 aromatic carbocycles. The van der Waals surface area contributed by atoms with Crippen molar-refractivity contribution in [1.82, 2.24) is 4.31 Å². The highest BCUT2D eigenvalue weighted by Gasteiger charge is 2.39. The lowest BCUT2D eigenvalue weighted by Crippen LogP contribution is -2.42. The van der Waals surface area contributed by atoms with E-state index in [1.54, 1.807) is 19.1 Å². The zero-order valence-corrected chi connectivity index (χ0v) is 18.0. The van der Waals surface area contributed by atoms with Gasteiger partial charge < -0.3 is 9.15 Å². The van der Waals surface area contributed by atoms with E-state index < -0.39 is 27.7 Å². The highest BCUT2D eigenvalue weighted by molar-refractivity contribution is 7.89. The van der Waals surface area contributed by atoms with Crippen LogP contribution in [-0.4, -0.2) is 37.0 Å². The zero-order valence-electron chi connectivity index (χ0n) is 16.4. The summed E-state index contributed by atoms with van der Waals surface area (Å²) in [5, 5.41) is 1.12. The number of carbonyl (C=O) groups is 1. The summed E-state index contributed by atoms with van der Waals surface area (Å²) in [6, 6.07) is 3.83. The second-order valence-electron chi connectivity index (χ2n) is 7.08. The van der Waals surface area contributed by atoms with Gasteiger partial charge in [-0.15, -0.1) is 0 Å². The highest BCUT2D eigenvalue weighted by Crippen LogP contribution is 2.27. The fourth-order valence-corrected chi connectivity index (χ4v) is 5.64. The molecule has 2 aromatic rings. The van der Waals surface area contributed by atoms with Crippen LogP contribution in [-0.2, 0) is 32.6 Å². The molecule has 0 N–H and O–H groups in total. The third-order valence-corrected chi connectivity index (χ3v) is 7.47. The van der Waals surface area contributed by atoms with Crippen molar-refractivity contribution in [3.63, 3.8) is 0 Å². The molecule has 2 heterocycles. The van der Waals surface area contributed by atoms with Crippen molar-refractivity contribution in [1.29, 1.82) is 0 Å². The summed E-state index contributed by atoms with van der Waals surface area (Å²) in [5.41, 5.74) is 1.13. The minimum atomic E-state index is -3.49. The molecule has 7 nitrogen and oxygen atoms in total. The van der Waals surface area contributed by atoms with E-state index in [1.165, 1.54) is 10.4 Å². The lowest BCUT2D eigenvalue weighted by Gasteiger charge is -2.22. The predicted octanol–water partition coefficient (Wildman–Crippen LogP) is 3.26. The van der Waals surface area contributed by atoms with Gasteiger partial charge in [-0.05, 0) is 43.4 Å². The van der Waals surface area contributed by atoms with Crippen molar-refractivity contribution in [2.45, 2.75) is 52.2 Å². The van der Waals surface area contributed by atoms with E-state index in [0.29, 0.717) is 53.8 Å². The van der Waals surface area contributed by atoms with Gasteiger partial charge in [0, 0.05) is 28.6 Å². The lowest BCUT2D eigenvalue weighted by atomic mass is 10.1. The number of nitrogens with zero attached hydrogens (tertiary/aromatic N) is 1. The molecular weight excluding hydrogens is 418 g/mol. The first kappa shape index (κ1) is 21.8. The Hall–Kier alpha value is -1.90. The largest absolute Gasteiger partial charge is 0.460 e. The van der Waals surface area contributed by atoms with Gasteiger partial charge in [-0.25, -0.2) is 13.2 Å². The fourth-order valence-electron chi connectivity index (χ4n) is 3.61. The molecule has 1 fully saturated rings. The molecule has 0 unspecified atom stereocenters. The molecule has 1 aromatic heterocycles. The SMILES string of the molecule is CCCS(=O)(=O)N1CCC[C@H]1C(=O)OCc1cc(=O)oc2cc(CC)c(Cl)cc12. The smallest absolute Gasteiger partial charge is 0.336 e. The first-order chi connectivity index (χ1) is 13.8. The Labute approximate surface area is 174 Å². The van der Waals surface area contributed by atoms with Crippen LogP contribution in [0.2, 0.25) is 5.02 Å². The number of rotatable bonds is 7. The molecule has 0 aliphatic carbocycles. The molecule has 0 bridgehead atoms. The van der Waals surface area contributed by atoms with Crippen LogP contribution in [0.15, 0.2) is 27.4 Å². The fraction of sp³-hybridized carbons (Fsp3) is 0.500. The Morgan fingerprint density at radius 2 is 2.03 bits per heavy atom. The Morgan fingerprint density at radius 1 is 1.28 bits per heavy atom. The number of hydrogen-bond donors (Lipinski definition) is 0. The number of fused-ring (bicyclic) bond motifs is 1. The van der Waals surface area contributed by atoms with Crippen LogP contribution in [0.4, 0.5) is 0 Å². The first-order valence-corrected chi connectivity index (χ1v) is 11.7. The minimum absolute atomic E-state index is 0.000586. The van der Waals surface area contributed by atoms with Crippen LogP contribution in [0.5, 0.6) is 0 Å². The number of halogens is 1. The van der Waals surface area contributed by atoms with Gasteiger partial charge in [0.25, 0.3) is 0 Å². The van der Waals surface area contributed by atoms with Gasteiger partial charge in [-0.2, -0.15) is 4.31 Å². The van der Waals surface area contributed by atoms with Gasteiger partial charge >= 0.3 is 11.6 Å². The van der Waals surface area contributed by atoms with Crippen LogP contribution in [0, 0.1) is 0 Å². The maximum atomic E-state index is 12.6. The van der Waals surface area contributed by atoms with Gasteiger partial charge in [-0.1, -0.05) is 25.4 Å². The predicted molar refractivity (Wildman–Crippen MR) is 110 cm³/mol. The zero-order chi connectivity index (χ0) is 21.2. The van der Waals surface area contributed by atoms with E-state index in [0.717, 1.165) is 5.56 Å². The van der Waals surface area contributed by atoms with Crippen LogP contribution < -0.4 is 5.63 Å². The molecule has 0 amide bonds. The van der Waals surface area contributed by atoms with Gasteiger partial charge in [0.15, 0.2) is 0 Å². The molecule has 0 radical (unpaired) electrons. The topological polar surface area (TPSA) is 93.9 Å². The number of esters is 1. The van der Waals surface area contributed by atoms with Crippen molar-refractivity contribution in [2.75, 3.05) is 12.3 Å². The minimum Gasteiger partial charge on any atom is -0.460 e. The van der Waals surface area contributed by atoms with E-state index in [9.17, 15) is 18.0 Å². The summed E-state index contributed by atoms with van der Waals surface area (Å²) in [4.78, 5) is 24.5. The summed E-state index contributed by atoms with van der Waals surface area (Å²) in [5.74, 6) is -0.612. The van der Waals surface area contributed by atoms with Crippen LogP contribution in [0.25, 0.3) is 11.0 Å². The van der Waals surface area contributed by atoms with Crippen molar-refractivity contribution < 1.29 is 22.4 Å². The number of aryl methyl sites for hydroxylation is 1. The number of hydrogen-bond acceptors (Lipinski definition) is 6. The van der Waals surface area contributed by atoms with E-state index in [1.807, 2.05) is 6.92 Å². The monoisotopic (exact) mass is 441 g/mol. The van der Waals surface area contributed by atoms with E-state index in [4.69, 9.17) is 20.8 Å². The van der Waals surface area contributed by atoms with E-state index in [2.05, 4.69) is 0 Å². The first-order valence-electron chi connectivity index (χ1n) is 9.68. The molecule has 29 heavy (non-hydrogen) atoms. The maximum absolute atomic E-state index is 12.6. The molecular formula is C20H24ClNO6S. The Balaban J connectivity index is 1.82. The summed E-state index contributed by atoms with van der Waals surface area (Å²) < 4.78 is 36.7. The lowest BCUT2D eigenvalue weighted by molar-refractivity contribution is -0.148. The van der Waals surface area contributed by atoms with Gasteiger partial charge in [0.2, 0.25) is 10.0 Å². The number of carbonyl (C=O) groups excluding carboxylic acids is 1. The van der Waals surface area contributed by atoms with Gasteiger partial charge in [0.05, 0.1) is 5.75 Å². The Kier molecular flexibility index (Phi) is 6.65. The second kappa shape index (κ2) is 8.85. The van der Waals surface area contributed by atoms with E-state index in [-0.39, 0.29) is 12.4 Å². The third kappa shape index (κ3) is 4.65. The normalized spacial score (nSPS) is 17.7. The Bertz CT molecular complexity index is 1080. The number of sulfonamides is 1. The van der Waals surface area contributed by atoms with Crippen LogP contribution >= 0.6 is 11.6 Å². The van der Waals surface area contributed by atoms with Crippen molar-refractivity contribution in [3.8, 4) is 0 Å². The van der Waals surface area contributed by atoms with Gasteiger partial charge in [0.1, 0.15) is 18.2 Å². The molecule has 158 valence electrons. The second-order valence-corrected chi connectivity index (χ2v) is 9.52. The molecule has 1 aliphatic rings. The molecule has 0 saturated carbocycles. The molecule has 9 heteroatoms. The van der Waals surface area contributed by atoms with E-state index >= 15 is 0 Å². The quantitative estimate of drug-likeness (QED) is 0.483. The van der Waals surface area contributed by atoms with Crippen LogP contribution in [0.3, 0.4) is 0 Å².